The molecule has 2 amide bonds. The monoisotopic (exact) mass is 2110 g/mol. The van der Waals surface area contributed by atoms with Crippen molar-refractivity contribution in [3.63, 3.8) is 0 Å². The molecule has 9 aromatic rings. The standard InChI is InChI=1S/C27H37N7O2.2C22H29N7O.C11H20N2O2.C9H13FN2O.C7H13N.C3H3FO2.6H2S/c1-17-13-23-21(14-29-34(23)24-8-4-5-12-35-24)25(18(17)2)33-11-9-20-22(15-33)30-27(31-26(20)28)36-16-19-7-6-10-32(19)3;2*1-13-9-18-17(10-24-27-18)20(14(13)2)29-8-6-16-19(11-29)25-22(26-21(16)23)30-12-15-5-4-7-28(15)3;1-7-13(9(2)8-12-6)10(14)15-11(3,4)5;1-5-12(7(2)6-11-4)9(13)8(3)10;1-4-5-7(2)6-8-3;1-2(4)3(5)6;;;;;;/h13-14,19,24H,4-12,15-16H2,1-3H3,(H2,28,30,31);2*9-10,15H,4-8,11-12H2,1-3H3,(H,24,27)(H2,23,25,26);9H,7-8H2,1-5H3;7H,3,5-6H2,1-2H3;7H,4-6H2,1-2H3;1H2,(H,5,6);6*1H2/t19-,24?;2*15-;9-;2*7-;;;;;;;/m000110......./s1. The molecule has 9 N–H and O–H groups in total. The van der Waals surface area contributed by atoms with E-state index in [1.165, 1.54) is 99.3 Å². The van der Waals surface area contributed by atoms with Crippen molar-refractivity contribution in [3.05, 3.63) is 163 Å². The van der Waals surface area contributed by atoms with Gasteiger partial charge in [0.1, 0.15) is 55.0 Å². The Morgan fingerprint density at radius 2 is 0.917 bits per heavy atom. The molecule has 7 aliphatic heterocycles. The van der Waals surface area contributed by atoms with Gasteiger partial charge < -0.3 is 94.8 Å². The number of amides is 2. The number of carboxylic acids is 1. The molecule has 0 aliphatic carbocycles. The number of carbonyl (C=O) groups excluding carboxylic acids is 2. The second-order valence-electron chi connectivity index (χ2n) is 37.8. The Hall–Kier alpha value is -10.5. The number of aromatic nitrogens is 12. The summed E-state index contributed by atoms with van der Waals surface area (Å²) in [6.07, 6.45) is 20.7. The Morgan fingerprint density at radius 3 is 1.24 bits per heavy atom. The van der Waals surface area contributed by atoms with Crippen molar-refractivity contribution in [1.29, 1.82) is 0 Å². The Balaban J connectivity index is 0.000000372. The first-order chi connectivity index (χ1) is 65.8. The molecule has 7 atom stereocenters. The number of nitrogen functional groups attached to an aromatic ring is 3. The number of likely N-dealkylation sites (tertiary alicyclic amines) is 3. The number of aliphatic carboxylic acids is 1. The zero-order chi connectivity index (χ0) is 101. The van der Waals surface area contributed by atoms with E-state index in [1.807, 2.05) is 53.2 Å². The number of nitrogens with one attached hydrogen (secondary N) is 2. The van der Waals surface area contributed by atoms with Crippen LogP contribution in [0, 0.1) is 67.2 Å². The Bertz CT molecular complexity index is 5660. The van der Waals surface area contributed by atoms with E-state index in [0.717, 1.165) is 158 Å². The lowest BCUT2D eigenvalue weighted by atomic mass is 9.99. The number of likely N-dealkylation sites (N-methyl/N-ethyl adjacent to an activating group) is 5. The SMILES string of the molecule is C=C(F)C(=O)O.Cc1cc2[nH]ncc2c(N2CCc3c(N)nc(OC[C@@H]4CCCN4C)nc3C2)c1C.Cc1cc2[nH]ncc2c(N2CCc3c(N)nc(OC[C@@H]4CCCN4C)nc3C2)c1C.Cc1cc2c(cnn2C2CCCCO2)c(N2CCc3c(N)nc(OC[C@@H]4CCCN4C)nc3C2)c1C.S.S.S.S.S.S.[C-]#[N+]C[C@@H](C)CCC.[C-]#[N+]C[C@@H](C)N(CC)C(=O)C(=C)F.[C-]#[N+]C[C@@H](C)N(CC)C(=O)OC(C)(C)C. The minimum absolute atomic E-state index is 0. The van der Waals surface area contributed by atoms with Gasteiger partial charge in [-0.05, 0) is 266 Å². The first-order valence-electron chi connectivity index (χ1n) is 48.2. The maximum absolute atomic E-state index is 12.5. The number of ether oxygens (including phenoxy) is 5. The number of carboxylic acid groups (broad SMARTS) is 1. The summed E-state index contributed by atoms with van der Waals surface area (Å²) >= 11 is 0. The first-order valence-corrected chi connectivity index (χ1v) is 48.2. The molecule has 0 bridgehead atoms. The number of nitrogens with two attached hydrogens (primary N) is 3. The third-order valence-electron chi connectivity index (χ3n) is 26.7. The molecule has 0 spiro atoms. The predicted molar refractivity (Wildman–Crippen MR) is 600 cm³/mol. The van der Waals surface area contributed by atoms with Crippen LogP contribution in [0.25, 0.3) is 47.2 Å². The molecular weight excluding hydrogens is 1950 g/mol. The zero-order valence-electron chi connectivity index (χ0n) is 87.1. The van der Waals surface area contributed by atoms with E-state index >= 15 is 0 Å². The molecule has 0 radical (unpaired) electrons. The molecule has 7 aliphatic rings. The molecule has 1 unspecified atom stereocenters. The fraction of sp³-hybridized carbons (Fsp3) is 0.574. The van der Waals surface area contributed by atoms with Crippen molar-refractivity contribution in [2.24, 2.45) is 5.92 Å². The second-order valence-corrected chi connectivity index (χ2v) is 37.8. The maximum Gasteiger partial charge on any atom is 0.410 e. The van der Waals surface area contributed by atoms with E-state index in [2.05, 4.69) is 192 Å². The highest BCUT2D eigenvalue weighted by Gasteiger charge is 2.34. The lowest BCUT2D eigenvalue weighted by molar-refractivity contribution is -0.134. The van der Waals surface area contributed by atoms with Gasteiger partial charge in [-0.25, -0.2) is 38.4 Å². The molecule has 6 aromatic heterocycles. The minimum Gasteiger partial charge on any atom is -0.476 e. The highest BCUT2D eigenvalue weighted by molar-refractivity contribution is 7.60. The van der Waals surface area contributed by atoms with Gasteiger partial charge in [0.15, 0.2) is 12.1 Å². The Labute approximate surface area is 890 Å². The molecule has 144 heavy (non-hydrogen) atoms. The topological polar surface area (TPSA) is 387 Å². The van der Waals surface area contributed by atoms with Gasteiger partial charge in [0, 0.05) is 96.2 Å². The highest BCUT2D eigenvalue weighted by atomic mass is 32.1. The summed E-state index contributed by atoms with van der Waals surface area (Å²) in [7, 11) is 6.43. The van der Waals surface area contributed by atoms with E-state index in [-0.39, 0.29) is 112 Å². The first kappa shape index (κ1) is 126. The van der Waals surface area contributed by atoms with E-state index in [4.69, 9.17) is 85.8 Å². The van der Waals surface area contributed by atoms with Crippen molar-refractivity contribution >= 4 is 166 Å². The lowest BCUT2D eigenvalue weighted by Crippen LogP contribution is -2.43. The van der Waals surface area contributed by atoms with E-state index in [9.17, 15) is 23.2 Å². The smallest absolute Gasteiger partial charge is 0.410 e. The van der Waals surface area contributed by atoms with Crippen LogP contribution in [-0.2, 0) is 58.0 Å². The largest absolute Gasteiger partial charge is 0.476 e. The molecule has 43 heteroatoms. The van der Waals surface area contributed by atoms with Crippen LogP contribution in [0.3, 0.4) is 0 Å². The fourth-order valence-corrected chi connectivity index (χ4v) is 18.5. The normalized spacial score (nSPS) is 17.2. The Kier molecular flexibility index (Phi) is 51.8. The van der Waals surface area contributed by atoms with Crippen LogP contribution in [0.15, 0.2) is 61.6 Å². The number of hydrogen-bond donors (Lipinski definition) is 6. The highest BCUT2D eigenvalue weighted by Crippen LogP contribution is 2.42. The van der Waals surface area contributed by atoms with Crippen molar-refractivity contribution in [3.8, 4) is 18.0 Å². The van der Waals surface area contributed by atoms with Crippen molar-refractivity contribution in [1.82, 2.24) is 84.6 Å². The molecule has 35 nitrogen and oxygen atoms in total. The molecule has 16 rings (SSSR count). The molecule has 794 valence electrons. The molecule has 4 saturated heterocycles. The molecule has 3 aromatic carbocycles. The van der Waals surface area contributed by atoms with Gasteiger partial charge in [-0.1, -0.05) is 33.4 Å². The van der Waals surface area contributed by atoms with Gasteiger partial charge in [0.25, 0.3) is 5.91 Å². The van der Waals surface area contributed by atoms with Crippen molar-refractivity contribution in [2.75, 3.05) is 151 Å². The average molecular weight is 2110 g/mol. The van der Waals surface area contributed by atoms with Crippen molar-refractivity contribution in [2.45, 2.75) is 255 Å². The summed E-state index contributed by atoms with van der Waals surface area (Å²) in [5.74, 6) is -2.38. The van der Waals surface area contributed by atoms with Gasteiger partial charge in [0.05, 0.1) is 88.9 Å². The summed E-state index contributed by atoms with van der Waals surface area (Å²) in [6, 6.07) is 8.64. The van der Waals surface area contributed by atoms with Crippen LogP contribution >= 0.6 is 81.0 Å². The van der Waals surface area contributed by atoms with Gasteiger partial charge >= 0.3 is 30.1 Å². The number of aryl methyl sites for hydroxylation is 3. The van der Waals surface area contributed by atoms with Crippen LogP contribution in [0.1, 0.15) is 206 Å². The third kappa shape index (κ3) is 33.2. The average Bonchev–Trinajstić information content (AvgIpc) is 1.55. The van der Waals surface area contributed by atoms with Crippen LogP contribution < -0.4 is 46.1 Å². The number of nitrogens with zero attached hydrogens (tertiary/aromatic N) is 21. The summed E-state index contributed by atoms with van der Waals surface area (Å²) in [5.41, 5.74) is 39.0. The molecule has 13 heterocycles. The molecule has 4 fully saturated rings. The number of aromatic amines is 2. The summed E-state index contributed by atoms with van der Waals surface area (Å²) in [5, 5.41) is 30.5. The lowest BCUT2D eigenvalue weighted by Gasteiger charge is -2.33. The fourth-order valence-electron chi connectivity index (χ4n) is 18.5. The number of hydrogen-bond acceptors (Lipinski definition) is 26. The van der Waals surface area contributed by atoms with Gasteiger partial charge in [0.2, 0.25) is 25.5 Å². The van der Waals surface area contributed by atoms with Crippen LogP contribution in [-0.4, -0.2) is 263 Å². The number of halogens is 2. The van der Waals surface area contributed by atoms with Gasteiger partial charge in [-0.2, -0.15) is 131 Å². The summed E-state index contributed by atoms with van der Waals surface area (Å²) in [4.78, 5) is 86.6. The Morgan fingerprint density at radius 1 is 0.542 bits per heavy atom. The van der Waals surface area contributed by atoms with Gasteiger partial charge in [-0.15, -0.1) is 0 Å². The number of fused-ring (bicyclic) bond motifs is 6. The minimum atomic E-state index is -1.60. The molecule has 0 saturated carbocycles. The number of rotatable bonds is 24. The van der Waals surface area contributed by atoms with Crippen molar-refractivity contribution < 1.29 is 52.0 Å². The van der Waals surface area contributed by atoms with E-state index in [0.29, 0.717) is 125 Å². The summed E-state index contributed by atoms with van der Waals surface area (Å²) < 4.78 is 54.9. The maximum atomic E-state index is 12.5. The van der Waals surface area contributed by atoms with E-state index in [1.54, 1.807) is 18.7 Å². The molecular formula is C101H156F2N26O9S6. The van der Waals surface area contributed by atoms with E-state index < -0.39 is 29.1 Å². The van der Waals surface area contributed by atoms with Crippen LogP contribution in [0.5, 0.6) is 18.0 Å². The summed E-state index contributed by atoms with van der Waals surface area (Å²) in [6.45, 7) is 68.1. The third-order valence-corrected chi connectivity index (χ3v) is 26.7. The number of carbonyl (C=O) groups is 3. The zero-order valence-corrected chi connectivity index (χ0v) is 93.1. The number of benzene rings is 3. The number of H-pyrrole nitrogens is 2. The predicted octanol–water partition coefficient (Wildman–Crippen LogP) is 16.7. The number of anilines is 6. The van der Waals surface area contributed by atoms with Crippen LogP contribution in [0.4, 0.5) is 48.1 Å². The quantitative estimate of drug-likeness (QED) is 0.0242. The second kappa shape index (κ2) is 59.3. The van der Waals surface area contributed by atoms with Crippen LogP contribution in [0.2, 0.25) is 0 Å². The van der Waals surface area contributed by atoms with Gasteiger partial charge in [-0.3, -0.25) is 19.9 Å².